The lowest BCUT2D eigenvalue weighted by molar-refractivity contribution is 0.611. The van der Waals surface area contributed by atoms with Crippen molar-refractivity contribution >= 4 is 22.5 Å². The Labute approximate surface area is 119 Å². The second kappa shape index (κ2) is 5.90. The molecule has 1 aromatic carbocycles. The maximum atomic E-state index is 5.75. The molecular weight excluding hydrogens is 254 g/mol. The van der Waals surface area contributed by atoms with Crippen LogP contribution in [-0.4, -0.2) is 15.5 Å². The Balaban J connectivity index is 2.30. The lowest BCUT2D eigenvalue weighted by Gasteiger charge is -2.23. The number of aromatic nitrogens is 1. The van der Waals surface area contributed by atoms with Gasteiger partial charge in [-0.2, -0.15) is 11.8 Å². The van der Waals surface area contributed by atoms with Crippen LogP contribution in [0.5, 0.6) is 0 Å². The number of pyridine rings is 1. The summed E-state index contributed by atoms with van der Waals surface area (Å²) in [6, 6.07) is 8.48. The maximum absolute atomic E-state index is 5.75. The van der Waals surface area contributed by atoms with Crippen LogP contribution in [0.2, 0.25) is 0 Å². The molecule has 2 rings (SSSR count). The summed E-state index contributed by atoms with van der Waals surface area (Å²) in [4.78, 5) is 4.17. The van der Waals surface area contributed by atoms with E-state index in [0.717, 1.165) is 11.1 Å². The van der Waals surface area contributed by atoms with Gasteiger partial charge in [-0.05, 0) is 17.0 Å². The molecule has 0 amide bonds. The van der Waals surface area contributed by atoms with Crippen LogP contribution in [-0.2, 0) is 0 Å². The smallest absolute Gasteiger partial charge is 0.0556 e. The van der Waals surface area contributed by atoms with E-state index in [1.54, 1.807) is 0 Å². The van der Waals surface area contributed by atoms with E-state index < -0.39 is 0 Å². The first-order valence-electron chi connectivity index (χ1n) is 6.44. The fraction of sp³-hybridized carbons (Fsp3) is 0.400. The lowest BCUT2D eigenvalue weighted by atomic mass is 10.0. The number of nitrogens with two attached hydrogens (primary N) is 1. The minimum Gasteiger partial charge on any atom is -0.271 e. The molecule has 1 heterocycles. The molecule has 0 spiro atoms. The molecule has 0 saturated heterocycles. The largest absolute Gasteiger partial charge is 0.271 e. The molecule has 0 aliphatic heterocycles. The van der Waals surface area contributed by atoms with Gasteiger partial charge in [-0.25, -0.2) is 0 Å². The Hall–Kier alpha value is -1.10. The Bertz CT molecular complexity index is 543. The third kappa shape index (κ3) is 3.69. The lowest BCUT2D eigenvalue weighted by Crippen LogP contribution is -2.31. The van der Waals surface area contributed by atoms with Crippen LogP contribution in [0, 0.1) is 0 Å². The molecule has 4 heteroatoms. The van der Waals surface area contributed by atoms with Crippen LogP contribution in [0.15, 0.2) is 36.7 Å². The predicted molar refractivity (Wildman–Crippen MR) is 84.0 cm³/mol. The number of benzene rings is 1. The molecule has 3 N–H and O–H groups in total. The van der Waals surface area contributed by atoms with E-state index in [1.165, 1.54) is 10.9 Å². The summed E-state index contributed by atoms with van der Waals surface area (Å²) in [7, 11) is 0. The van der Waals surface area contributed by atoms with E-state index in [1.807, 2.05) is 24.2 Å². The van der Waals surface area contributed by atoms with Gasteiger partial charge in [0.25, 0.3) is 0 Å². The Morgan fingerprint density at radius 2 is 2.11 bits per heavy atom. The van der Waals surface area contributed by atoms with E-state index in [-0.39, 0.29) is 10.8 Å². The van der Waals surface area contributed by atoms with Crippen molar-refractivity contribution in [2.24, 2.45) is 5.84 Å². The highest BCUT2D eigenvalue weighted by Crippen LogP contribution is 2.30. The van der Waals surface area contributed by atoms with Gasteiger partial charge in [-0.3, -0.25) is 16.3 Å². The molecule has 3 nitrogen and oxygen atoms in total. The summed E-state index contributed by atoms with van der Waals surface area (Å²) in [5, 5.41) is 2.37. The Kier molecular flexibility index (Phi) is 4.45. The topological polar surface area (TPSA) is 50.9 Å². The molecule has 0 radical (unpaired) electrons. The zero-order valence-electron chi connectivity index (χ0n) is 11.7. The molecule has 0 bridgehead atoms. The van der Waals surface area contributed by atoms with Crippen LogP contribution in [0.3, 0.4) is 0 Å². The first kappa shape index (κ1) is 14.3. The summed E-state index contributed by atoms with van der Waals surface area (Å²) in [6.07, 6.45) is 3.72. The summed E-state index contributed by atoms with van der Waals surface area (Å²) >= 11 is 1.91. The van der Waals surface area contributed by atoms with E-state index >= 15 is 0 Å². The van der Waals surface area contributed by atoms with Crippen molar-refractivity contribution in [1.82, 2.24) is 10.4 Å². The quantitative estimate of drug-likeness (QED) is 0.664. The molecule has 0 aliphatic carbocycles. The van der Waals surface area contributed by atoms with E-state index in [2.05, 4.69) is 55.4 Å². The first-order valence-corrected chi connectivity index (χ1v) is 7.42. The number of hydrogen-bond acceptors (Lipinski definition) is 4. The zero-order valence-corrected chi connectivity index (χ0v) is 12.5. The predicted octanol–water partition coefficient (Wildman–Crippen LogP) is 3.27. The molecule has 1 unspecified atom stereocenters. The molecule has 2 aromatic rings. The zero-order chi connectivity index (χ0) is 13.9. The molecule has 0 fully saturated rings. The Morgan fingerprint density at radius 1 is 1.32 bits per heavy atom. The maximum Gasteiger partial charge on any atom is 0.0556 e. The highest BCUT2D eigenvalue weighted by Gasteiger charge is 2.17. The van der Waals surface area contributed by atoms with Crippen molar-refractivity contribution < 1.29 is 0 Å². The van der Waals surface area contributed by atoms with E-state index in [9.17, 15) is 0 Å². The number of rotatable bonds is 4. The highest BCUT2D eigenvalue weighted by atomic mass is 32.2. The first-order chi connectivity index (χ1) is 9.01. The summed E-state index contributed by atoms with van der Waals surface area (Å²) in [5.74, 6) is 6.69. The summed E-state index contributed by atoms with van der Waals surface area (Å²) in [6.45, 7) is 6.66. The van der Waals surface area contributed by atoms with Crippen molar-refractivity contribution in [2.45, 2.75) is 31.6 Å². The van der Waals surface area contributed by atoms with Gasteiger partial charge in [0, 0.05) is 28.3 Å². The number of nitrogens with one attached hydrogen (secondary N) is 1. The standard InChI is InChI=1S/C15H21N3S/c1-15(2,3)19-10-14(18-16)13-6-4-5-11-9-17-8-7-12(11)13/h4-9,14,18H,10,16H2,1-3H3. The van der Waals surface area contributed by atoms with E-state index in [4.69, 9.17) is 5.84 Å². The number of hydrazine groups is 1. The van der Waals surface area contributed by atoms with Crippen molar-refractivity contribution in [2.75, 3.05) is 5.75 Å². The monoisotopic (exact) mass is 275 g/mol. The van der Waals surface area contributed by atoms with Gasteiger partial charge in [-0.15, -0.1) is 0 Å². The van der Waals surface area contributed by atoms with Gasteiger partial charge < -0.3 is 0 Å². The van der Waals surface area contributed by atoms with Crippen LogP contribution in [0.4, 0.5) is 0 Å². The van der Waals surface area contributed by atoms with Crippen LogP contribution < -0.4 is 11.3 Å². The van der Waals surface area contributed by atoms with Crippen molar-refractivity contribution in [1.29, 1.82) is 0 Å². The molecule has 0 saturated carbocycles. The van der Waals surface area contributed by atoms with Gasteiger partial charge in [-0.1, -0.05) is 39.0 Å². The molecular formula is C15H21N3S. The van der Waals surface area contributed by atoms with Gasteiger partial charge in [0.15, 0.2) is 0 Å². The van der Waals surface area contributed by atoms with Gasteiger partial charge in [0.05, 0.1) is 6.04 Å². The van der Waals surface area contributed by atoms with E-state index in [0.29, 0.717) is 0 Å². The number of nitrogens with zero attached hydrogens (tertiary/aromatic N) is 1. The minimum absolute atomic E-state index is 0.148. The molecule has 19 heavy (non-hydrogen) atoms. The summed E-state index contributed by atoms with van der Waals surface area (Å²) in [5.41, 5.74) is 4.18. The van der Waals surface area contributed by atoms with Gasteiger partial charge in [0.1, 0.15) is 0 Å². The third-order valence-corrected chi connectivity index (χ3v) is 4.34. The average Bonchev–Trinajstić information content (AvgIpc) is 2.38. The van der Waals surface area contributed by atoms with Gasteiger partial charge in [0.2, 0.25) is 0 Å². The second-order valence-electron chi connectivity index (χ2n) is 5.59. The van der Waals surface area contributed by atoms with Crippen molar-refractivity contribution in [3.63, 3.8) is 0 Å². The fourth-order valence-electron chi connectivity index (χ4n) is 2.01. The molecule has 102 valence electrons. The minimum atomic E-state index is 0.148. The van der Waals surface area contributed by atoms with Crippen LogP contribution in [0.1, 0.15) is 32.4 Å². The van der Waals surface area contributed by atoms with Crippen LogP contribution in [0.25, 0.3) is 10.8 Å². The van der Waals surface area contributed by atoms with Crippen molar-refractivity contribution in [3.8, 4) is 0 Å². The van der Waals surface area contributed by atoms with Crippen molar-refractivity contribution in [3.05, 3.63) is 42.2 Å². The fourth-order valence-corrected chi connectivity index (χ4v) is 2.95. The number of fused-ring (bicyclic) bond motifs is 1. The number of thioether (sulfide) groups is 1. The summed E-state index contributed by atoms with van der Waals surface area (Å²) < 4.78 is 0.237. The van der Waals surface area contributed by atoms with Gasteiger partial charge >= 0.3 is 0 Å². The second-order valence-corrected chi connectivity index (χ2v) is 7.43. The number of hydrogen-bond donors (Lipinski definition) is 2. The highest BCUT2D eigenvalue weighted by molar-refractivity contribution is 8.00. The Morgan fingerprint density at radius 3 is 2.79 bits per heavy atom. The average molecular weight is 275 g/mol. The SMILES string of the molecule is CC(C)(C)SCC(NN)c1cccc2cnccc12. The molecule has 1 aromatic heterocycles. The molecule has 0 aliphatic rings. The normalized spacial score (nSPS) is 13.7. The molecule has 1 atom stereocenters. The van der Waals surface area contributed by atoms with Crippen LogP contribution >= 0.6 is 11.8 Å². The third-order valence-electron chi connectivity index (χ3n) is 2.97.